The fraction of sp³-hybridized carbons (Fsp3) is 0.200. The first-order valence-corrected chi connectivity index (χ1v) is 12.6. The largest absolute Gasteiger partial charge is 0.322 e. The summed E-state index contributed by atoms with van der Waals surface area (Å²) < 4.78 is 27.4. The van der Waals surface area contributed by atoms with Gasteiger partial charge in [0.1, 0.15) is 0 Å². The summed E-state index contributed by atoms with van der Waals surface area (Å²) in [5, 5.41) is 2.83. The van der Waals surface area contributed by atoms with Crippen LogP contribution in [-0.2, 0) is 16.4 Å². The maximum Gasteiger partial charge on any atom is 0.258 e. The molecular formula is C25H24ClN3O4S. The number of anilines is 2. The van der Waals surface area contributed by atoms with Gasteiger partial charge in [-0.3, -0.25) is 9.59 Å². The van der Waals surface area contributed by atoms with E-state index < -0.39 is 15.9 Å². The van der Waals surface area contributed by atoms with E-state index in [9.17, 15) is 18.0 Å². The highest BCUT2D eigenvalue weighted by atomic mass is 35.5. The van der Waals surface area contributed by atoms with Crippen molar-refractivity contribution >= 4 is 44.8 Å². The van der Waals surface area contributed by atoms with E-state index in [0.717, 1.165) is 17.7 Å². The molecule has 2 N–H and O–H groups in total. The van der Waals surface area contributed by atoms with Gasteiger partial charge in [-0.2, -0.15) is 0 Å². The zero-order valence-electron chi connectivity index (χ0n) is 18.7. The fourth-order valence-corrected chi connectivity index (χ4v) is 5.30. The Morgan fingerprint density at radius 3 is 2.41 bits per heavy atom. The van der Waals surface area contributed by atoms with Crippen LogP contribution >= 0.6 is 11.6 Å². The number of nitrogens with one attached hydrogen (secondary N) is 2. The second kappa shape index (κ2) is 9.58. The number of sulfonamides is 1. The van der Waals surface area contributed by atoms with Crippen molar-refractivity contribution in [1.29, 1.82) is 0 Å². The third-order valence-electron chi connectivity index (χ3n) is 5.41. The minimum absolute atomic E-state index is 0.0297. The van der Waals surface area contributed by atoms with Crippen LogP contribution in [0.4, 0.5) is 11.4 Å². The highest BCUT2D eigenvalue weighted by Crippen LogP contribution is 2.29. The highest BCUT2D eigenvalue weighted by Gasteiger charge is 2.25. The molecule has 0 unspecified atom stereocenters. The molecule has 4 rings (SSSR count). The van der Waals surface area contributed by atoms with Crippen molar-refractivity contribution < 1.29 is 18.0 Å². The summed E-state index contributed by atoms with van der Waals surface area (Å²) in [7, 11) is -3.78. The molecule has 0 bridgehead atoms. The lowest BCUT2D eigenvalue weighted by Gasteiger charge is -2.17. The summed E-state index contributed by atoms with van der Waals surface area (Å²) in [5.74, 6) is -0.666. The molecule has 0 atom stereocenters. The molecule has 0 saturated heterocycles. The third kappa shape index (κ3) is 4.99. The van der Waals surface area contributed by atoms with Crippen molar-refractivity contribution in [1.82, 2.24) is 4.72 Å². The van der Waals surface area contributed by atoms with Crippen LogP contribution in [0.5, 0.6) is 0 Å². The normalized spacial score (nSPS) is 13.1. The minimum Gasteiger partial charge on any atom is -0.322 e. The van der Waals surface area contributed by atoms with E-state index in [-0.39, 0.29) is 27.4 Å². The standard InChI is InChI=1S/C25H24ClN3O4S/c1-16(2)28-34(32,33)20-11-12-22(26)21(15-20)24(30)27-19-9-7-18(8-10-19)25(31)29-14-13-17-5-3-4-6-23(17)29/h3-12,15-16,28H,13-14H2,1-2H3,(H,27,30). The van der Waals surface area contributed by atoms with Crippen molar-refractivity contribution in [2.24, 2.45) is 0 Å². The van der Waals surface area contributed by atoms with Gasteiger partial charge in [-0.1, -0.05) is 29.8 Å². The van der Waals surface area contributed by atoms with Crippen LogP contribution in [0.25, 0.3) is 0 Å². The molecule has 0 spiro atoms. The smallest absolute Gasteiger partial charge is 0.258 e. The summed E-state index contributed by atoms with van der Waals surface area (Å²) >= 11 is 6.17. The summed E-state index contributed by atoms with van der Waals surface area (Å²) in [6.45, 7) is 4.04. The van der Waals surface area contributed by atoms with Gasteiger partial charge >= 0.3 is 0 Å². The van der Waals surface area contributed by atoms with Gasteiger partial charge in [-0.05, 0) is 74.4 Å². The molecule has 1 aliphatic rings. The number of carbonyl (C=O) groups is 2. The molecule has 0 aromatic heterocycles. The zero-order valence-corrected chi connectivity index (χ0v) is 20.3. The van der Waals surface area contributed by atoms with Crippen LogP contribution in [0.3, 0.4) is 0 Å². The maximum atomic E-state index is 13.0. The van der Waals surface area contributed by atoms with E-state index in [1.165, 1.54) is 18.2 Å². The molecule has 1 heterocycles. The molecule has 34 heavy (non-hydrogen) atoms. The lowest BCUT2D eigenvalue weighted by Crippen LogP contribution is -2.30. The number of halogens is 1. The van der Waals surface area contributed by atoms with Crippen LogP contribution in [-0.4, -0.2) is 32.8 Å². The third-order valence-corrected chi connectivity index (χ3v) is 7.39. The number of carbonyl (C=O) groups excluding carboxylic acids is 2. The predicted octanol–water partition coefficient (Wildman–Crippen LogP) is 4.48. The fourth-order valence-electron chi connectivity index (χ4n) is 3.82. The molecule has 0 radical (unpaired) electrons. The lowest BCUT2D eigenvalue weighted by molar-refractivity contribution is 0.0988. The van der Waals surface area contributed by atoms with E-state index >= 15 is 0 Å². The maximum absolute atomic E-state index is 13.0. The molecule has 3 aromatic rings. The summed E-state index contributed by atoms with van der Waals surface area (Å²) in [6, 6.07) is 18.0. The number of amides is 2. The van der Waals surface area contributed by atoms with Crippen LogP contribution in [0.15, 0.2) is 71.6 Å². The monoisotopic (exact) mass is 497 g/mol. The van der Waals surface area contributed by atoms with E-state index in [1.54, 1.807) is 43.0 Å². The van der Waals surface area contributed by atoms with Gasteiger partial charge in [0.2, 0.25) is 10.0 Å². The quantitative estimate of drug-likeness (QED) is 0.524. The number of nitrogens with zero attached hydrogens (tertiary/aromatic N) is 1. The molecule has 1 aliphatic heterocycles. The molecule has 0 fully saturated rings. The van der Waals surface area contributed by atoms with Gasteiger partial charge in [0, 0.05) is 29.5 Å². The van der Waals surface area contributed by atoms with Crippen LogP contribution in [0, 0.1) is 0 Å². The molecule has 0 saturated carbocycles. The van der Waals surface area contributed by atoms with Crippen molar-refractivity contribution in [2.45, 2.75) is 31.2 Å². The van der Waals surface area contributed by atoms with E-state index in [1.807, 2.05) is 24.3 Å². The molecule has 176 valence electrons. The Kier molecular flexibility index (Phi) is 6.74. The Hall–Kier alpha value is -3.20. The van der Waals surface area contributed by atoms with Crippen LogP contribution < -0.4 is 14.9 Å². The van der Waals surface area contributed by atoms with Gasteiger partial charge in [0.05, 0.1) is 15.5 Å². The Bertz CT molecular complexity index is 1350. The SMILES string of the molecule is CC(C)NS(=O)(=O)c1ccc(Cl)c(C(=O)Nc2ccc(C(=O)N3CCc4ccccc43)cc2)c1. The van der Waals surface area contributed by atoms with Crippen LogP contribution in [0.2, 0.25) is 5.02 Å². The van der Waals surface area contributed by atoms with Crippen molar-refractivity contribution in [3.05, 3.63) is 88.4 Å². The zero-order chi connectivity index (χ0) is 24.5. The number of rotatable bonds is 6. The first kappa shape index (κ1) is 23.9. The van der Waals surface area contributed by atoms with Crippen LogP contribution in [0.1, 0.15) is 40.1 Å². The number of benzene rings is 3. The summed E-state index contributed by atoms with van der Waals surface area (Å²) in [4.78, 5) is 27.5. The number of hydrogen-bond donors (Lipinski definition) is 2. The second-order valence-electron chi connectivity index (χ2n) is 8.28. The Morgan fingerprint density at radius 1 is 1.00 bits per heavy atom. The van der Waals surface area contributed by atoms with E-state index in [2.05, 4.69) is 10.0 Å². The Labute approximate surface area is 203 Å². The summed E-state index contributed by atoms with van der Waals surface area (Å²) in [5.41, 5.74) is 3.04. The van der Waals surface area contributed by atoms with Gasteiger partial charge in [-0.25, -0.2) is 13.1 Å². The Balaban J connectivity index is 1.50. The highest BCUT2D eigenvalue weighted by molar-refractivity contribution is 7.89. The minimum atomic E-state index is -3.78. The van der Waals surface area contributed by atoms with Crippen molar-refractivity contribution in [2.75, 3.05) is 16.8 Å². The van der Waals surface area contributed by atoms with Gasteiger partial charge in [0.15, 0.2) is 0 Å². The van der Waals surface area contributed by atoms with Crippen molar-refractivity contribution in [3.63, 3.8) is 0 Å². The van der Waals surface area contributed by atoms with Crippen molar-refractivity contribution in [3.8, 4) is 0 Å². The molecule has 3 aromatic carbocycles. The predicted molar refractivity (Wildman–Crippen MR) is 133 cm³/mol. The van der Waals surface area contributed by atoms with Gasteiger partial charge < -0.3 is 10.2 Å². The molecule has 2 amide bonds. The molecule has 0 aliphatic carbocycles. The van der Waals surface area contributed by atoms with Gasteiger partial charge in [-0.15, -0.1) is 0 Å². The first-order chi connectivity index (χ1) is 16.2. The number of hydrogen-bond acceptors (Lipinski definition) is 4. The van der Waals surface area contributed by atoms with Gasteiger partial charge in [0.25, 0.3) is 11.8 Å². The molecule has 7 nitrogen and oxygen atoms in total. The first-order valence-electron chi connectivity index (χ1n) is 10.8. The van der Waals surface area contributed by atoms with E-state index in [4.69, 9.17) is 11.6 Å². The molecule has 9 heteroatoms. The van der Waals surface area contributed by atoms with E-state index in [0.29, 0.717) is 17.8 Å². The molecular weight excluding hydrogens is 474 g/mol. The second-order valence-corrected chi connectivity index (χ2v) is 10.4. The topological polar surface area (TPSA) is 95.6 Å². The summed E-state index contributed by atoms with van der Waals surface area (Å²) in [6.07, 6.45) is 0.818. The average Bonchev–Trinajstić information content (AvgIpc) is 3.22. The lowest BCUT2D eigenvalue weighted by atomic mass is 10.1. The number of para-hydroxylation sites is 1. The number of fused-ring (bicyclic) bond motifs is 1. The Morgan fingerprint density at radius 2 is 1.71 bits per heavy atom. The average molecular weight is 498 g/mol.